The van der Waals surface area contributed by atoms with E-state index in [2.05, 4.69) is 5.32 Å². The highest BCUT2D eigenvalue weighted by Crippen LogP contribution is 2.26. The zero-order valence-electron chi connectivity index (χ0n) is 15.5. The minimum Gasteiger partial charge on any atom is -0.477 e. The third-order valence-electron chi connectivity index (χ3n) is 4.99. The summed E-state index contributed by atoms with van der Waals surface area (Å²) >= 11 is 0. The summed E-state index contributed by atoms with van der Waals surface area (Å²) in [5, 5.41) is 24.3. The molecule has 0 aliphatic heterocycles. The Hall–Kier alpha value is -4.14. The number of carboxylic acids is 1. The molecule has 0 saturated heterocycles. The molecule has 9 nitrogen and oxygen atoms in total. The molecule has 0 atom stereocenters. The number of aryl methyl sites for hydroxylation is 2. The van der Waals surface area contributed by atoms with Gasteiger partial charge in [0.15, 0.2) is 0 Å². The van der Waals surface area contributed by atoms with E-state index < -0.39 is 10.9 Å². The number of amides is 1. The van der Waals surface area contributed by atoms with Crippen molar-refractivity contribution in [2.75, 3.05) is 5.32 Å². The number of carbonyl (C=O) groups excluding carboxylic acids is 1. The number of aromatic carboxylic acids is 1. The van der Waals surface area contributed by atoms with E-state index in [1.165, 1.54) is 12.1 Å². The minimum atomic E-state index is -1.03. The predicted octanol–water partition coefficient (Wildman–Crippen LogP) is 3.53. The van der Waals surface area contributed by atoms with Crippen molar-refractivity contribution >= 4 is 45.1 Å². The molecule has 2 aromatic heterocycles. The first-order chi connectivity index (χ1) is 13.8. The third-order valence-corrected chi connectivity index (χ3v) is 4.99. The quantitative estimate of drug-likeness (QED) is 0.407. The minimum absolute atomic E-state index is 0.0428. The summed E-state index contributed by atoms with van der Waals surface area (Å²) in [6.45, 7) is 0. The summed E-state index contributed by atoms with van der Waals surface area (Å²) in [7, 11) is 3.38. The van der Waals surface area contributed by atoms with Gasteiger partial charge in [0.25, 0.3) is 11.6 Å². The second kappa shape index (κ2) is 6.48. The van der Waals surface area contributed by atoms with Crippen LogP contribution in [0.25, 0.3) is 21.8 Å². The Morgan fingerprint density at radius 2 is 1.52 bits per heavy atom. The monoisotopic (exact) mass is 392 g/mol. The molecule has 1 amide bonds. The zero-order chi connectivity index (χ0) is 20.9. The highest BCUT2D eigenvalue weighted by molar-refractivity contribution is 6.07. The molecule has 2 aromatic carbocycles. The van der Waals surface area contributed by atoms with Crippen LogP contribution in [0.5, 0.6) is 0 Å². The van der Waals surface area contributed by atoms with Gasteiger partial charge in [0.05, 0.1) is 4.92 Å². The van der Waals surface area contributed by atoms with E-state index in [0.29, 0.717) is 27.7 Å². The Balaban J connectivity index is 1.68. The van der Waals surface area contributed by atoms with E-state index in [1.807, 2.05) is 0 Å². The molecule has 0 spiro atoms. The number of anilines is 1. The van der Waals surface area contributed by atoms with Crippen molar-refractivity contribution < 1.29 is 19.6 Å². The first-order valence-electron chi connectivity index (χ1n) is 8.64. The van der Waals surface area contributed by atoms with Gasteiger partial charge in [0, 0.05) is 53.7 Å². The van der Waals surface area contributed by atoms with Gasteiger partial charge in [-0.2, -0.15) is 0 Å². The molecule has 4 rings (SSSR count). The van der Waals surface area contributed by atoms with Gasteiger partial charge in [0.1, 0.15) is 11.4 Å². The van der Waals surface area contributed by atoms with E-state index in [-0.39, 0.29) is 17.3 Å². The van der Waals surface area contributed by atoms with Gasteiger partial charge >= 0.3 is 5.97 Å². The van der Waals surface area contributed by atoms with Crippen molar-refractivity contribution in [1.29, 1.82) is 0 Å². The highest BCUT2D eigenvalue weighted by Gasteiger charge is 2.17. The van der Waals surface area contributed by atoms with Gasteiger partial charge in [-0.05, 0) is 36.4 Å². The predicted molar refractivity (Wildman–Crippen MR) is 107 cm³/mol. The zero-order valence-corrected chi connectivity index (χ0v) is 15.5. The highest BCUT2D eigenvalue weighted by atomic mass is 16.6. The average Bonchev–Trinajstić information content (AvgIpc) is 3.18. The van der Waals surface area contributed by atoms with Crippen LogP contribution in [0.15, 0.2) is 48.5 Å². The number of carbonyl (C=O) groups is 2. The van der Waals surface area contributed by atoms with Gasteiger partial charge in [0.2, 0.25) is 0 Å². The third kappa shape index (κ3) is 2.98. The molecule has 0 radical (unpaired) electrons. The van der Waals surface area contributed by atoms with Gasteiger partial charge in [-0.1, -0.05) is 0 Å². The van der Waals surface area contributed by atoms with E-state index in [9.17, 15) is 24.8 Å². The molecule has 0 fully saturated rings. The van der Waals surface area contributed by atoms with Gasteiger partial charge in [-0.25, -0.2) is 4.79 Å². The molecule has 0 aliphatic rings. The molecule has 0 unspecified atom stereocenters. The number of nitrogens with zero attached hydrogens (tertiary/aromatic N) is 3. The number of fused-ring (bicyclic) bond motifs is 2. The van der Waals surface area contributed by atoms with Crippen LogP contribution in [0, 0.1) is 10.1 Å². The van der Waals surface area contributed by atoms with E-state index in [4.69, 9.17) is 0 Å². The lowest BCUT2D eigenvalue weighted by molar-refractivity contribution is -0.384. The fourth-order valence-electron chi connectivity index (χ4n) is 3.50. The standard InChI is InChI=1S/C20H16N4O5/c1-22-16-6-4-14(24(28)29)8-12(16)9-17(22)19(25)21-13-3-5-15-11(7-13)10-18(20(26)27)23(15)2/h3-10H,1-2H3,(H,21,25)(H,26,27). The smallest absolute Gasteiger partial charge is 0.352 e. The summed E-state index contributed by atoms with van der Waals surface area (Å²) in [5.41, 5.74) is 2.40. The van der Waals surface area contributed by atoms with E-state index in [1.54, 1.807) is 59.6 Å². The largest absolute Gasteiger partial charge is 0.477 e. The van der Waals surface area contributed by atoms with Crippen LogP contribution in [0.3, 0.4) is 0 Å². The maximum atomic E-state index is 12.8. The van der Waals surface area contributed by atoms with Crippen LogP contribution in [0.4, 0.5) is 11.4 Å². The maximum absolute atomic E-state index is 12.8. The van der Waals surface area contributed by atoms with Crippen LogP contribution in [-0.4, -0.2) is 31.0 Å². The lowest BCUT2D eigenvalue weighted by Gasteiger charge is -2.07. The first kappa shape index (κ1) is 18.2. The van der Waals surface area contributed by atoms with Crippen LogP contribution in [0.1, 0.15) is 21.0 Å². The number of nitro benzene ring substituents is 1. The number of nitro groups is 1. The number of nitrogens with one attached hydrogen (secondary N) is 1. The maximum Gasteiger partial charge on any atom is 0.352 e. The first-order valence-corrected chi connectivity index (χ1v) is 8.64. The molecule has 9 heteroatoms. The van der Waals surface area contributed by atoms with Crippen LogP contribution >= 0.6 is 0 Å². The lowest BCUT2D eigenvalue weighted by atomic mass is 10.2. The molecule has 2 heterocycles. The number of rotatable bonds is 4. The van der Waals surface area contributed by atoms with Crippen molar-refractivity contribution in [2.45, 2.75) is 0 Å². The Morgan fingerprint density at radius 3 is 2.17 bits per heavy atom. The number of hydrogen-bond donors (Lipinski definition) is 2. The number of aromatic nitrogens is 2. The molecule has 2 N–H and O–H groups in total. The second-order valence-corrected chi connectivity index (χ2v) is 6.71. The normalized spacial score (nSPS) is 11.1. The van der Waals surface area contributed by atoms with Crippen molar-refractivity contribution in [3.05, 3.63) is 70.0 Å². The van der Waals surface area contributed by atoms with Gasteiger partial charge in [-0.15, -0.1) is 0 Å². The van der Waals surface area contributed by atoms with E-state index in [0.717, 1.165) is 5.52 Å². The summed E-state index contributed by atoms with van der Waals surface area (Å²) in [6.07, 6.45) is 0. The van der Waals surface area contributed by atoms with Gasteiger partial charge < -0.3 is 19.6 Å². The van der Waals surface area contributed by atoms with Crippen LogP contribution in [-0.2, 0) is 14.1 Å². The van der Waals surface area contributed by atoms with E-state index >= 15 is 0 Å². The van der Waals surface area contributed by atoms with Crippen molar-refractivity contribution in [1.82, 2.24) is 9.13 Å². The number of non-ortho nitro benzene ring substituents is 1. The number of carboxylic acid groups (broad SMARTS) is 1. The number of hydrogen-bond acceptors (Lipinski definition) is 4. The summed E-state index contributed by atoms with van der Waals surface area (Å²) in [4.78, 5) is 34.6. The van der Waals surface area contributed by atoms with Crippen molar-refractivity contribution in [3.63, 3.8) is 0 Å². The molecular formula is C20H16N4O5. The SMILES string of the molecule is Cn1c(C(=O)O)cc2cc(NC(=O)c3cc4cc([N+](=O)[O-])ccc4n3C)ccc21. The summed E-state index contributed by atoms with van der Waals surface area (Å²) in [5.74, 6) is -1.40. The molecular weight excluding hydrogens is 376 g/mol. The number of benzene rings is 2. The Bertz CT molecular complexity index is 1330. The summed E-state index contributed by atoms with van der Waals surface area (Å²) < 4.78 is 3.23. The fraction of sp³-hybridized carbons (Fsp3) is 0.100. The Morgan fingerprint density at radius 1 is 0.931 bits per heavy atom. The Labute approximate surface area is 163 Å². The average molecular weight is 392 g/mol. The van der Waals surface area contributed by atoms with Crippen LogP contribution < -0.4 is 5.32 Å². The fourth-order valence-corrected chi connectivity index (χ4v) is 3.50. The molecule has 29 heavy (non-hydrogen) atoms. The molecule has 0 bridgehead atoms. The molecule has 0 aliphatic carbocycles. The molecule has 146 valence electrons. The lowest BCUT2D eigenvalue weighted by Crippen LogP contribution is -2.15. The Kier molecular flexibility index (Phi) is 4.08. The van der Waals surface area contributed by atoms with Gasteiger partial charge in [-0.3, -0.25) is 14.9 Å². The second-order valence-electron chi connectivity index (χ2n) is 6.71. The summed E-state index contributed by atoms with van der Waals surface area (Å²) in [6, 6.07) is 12.7. The molecule has 4 aromatic rings. The van der Waals surface area contributed by atoms with Crippen molar-refractivity contribution in [2.24, 2.45) is 14.1 Å². The van der Waals surface area contributed by atoms with Crippen molar-refractivity contribution in [3.8, 4) is 0 Å². The van der Waals surface area contributed by atoms with Crippen LogP contribution in [0.2, 0.25) is 0 Å². The molecule has 0 saturated carbocycles. The topological polar surface area (TPSA) is 119 Å².